The minimum atomic E-state index is -5.03. The normalized spacial score (nSPS) is 19.1. The lowest BCUT2D eigenvalue weighted by Crippen LogP contribution is -2.56. The number of hydrazone groups is 1. The van der Waals surface area contributed by atoms with Gasteiger partial charge in [0.2, 0.25) is 0 Å². The molecular weight excluding hydrogens is 389 g/mol. The number of carbonyl (C=O) groups is 1. The zero-order chi connectivity index (χ0) is 21.2. The quantitative estimate of drug-likeness (QED) is 0.818. The molecule has 1 aliphatic heterocycles. The van der Waals surface area contributed by atoms with Crippen LogP contribution in [0.2, 0.25) is 0 Å². The Balaban J connectivity index is 1.69. The summed E-state index contributed by atoms with van der Waals surface area (Å²) < 4.78 is 50.5. The van der Waals surface area contributed by atoms with Crippen molar-refractivity contribution in [1.29, 1.82) is 0 Å². The van der Waals surface area contributed by atoms with Crippen molar-refractivity contribution in [1.82, 2.24) is 5.01 Å². The molecule has 0 aromatic heterocycles. The van der Waals surface area contributed by atoms with Gasteiger partial charge in [-0.3, -0.25) is 4.79 Å². The monoisotopic (exact) mass is 408 g/mol. The molecule has 1 aliphatic rings. The first-order valence-electron chi connectivity index (χ1n) is 8.67. The SMILES string of the molecule is COc1ccc(OCc2ccc(C(=O)N3N=C(C)C[C@]3(O)C(F)(F)F)cc2)cc1. The number of rotatable bonds is 5. The van der Waals surface area contributed by atoms with E-state index in [4.69, 9.17) is 9.47 Å². The van der Waals surface area contributed by atoms with Gasteiger partial charge in [0.25, 0.3) is 11.6 Å². The van der Waals surface area contributed by atoms with E-state index in [1.54, 1.807) is 43.5 Å². The minimum absolute atomic E-state index is 0.0164. The molecule has 2 aromatic carbocycles. The van der Waals surface area contributed by atoms with E-state index in [-0.39, 0.29) is 22.9 Å². The molecule has 1 N–H and O–H groups in total. The van der Waals surface area contributed by atoms with E-state index < -0.39 is 24.2 Å². The second kappa shape index (κ2) is 7.75. The maximum absolute atomic E-state index is 13.3. The first-order valence-corrected chi connectivity index (χ1v) is 8.67. The highest BCUT2D eigenvalue weighted by Gasteiger charge is 2.62. The number of methoxy groups -OCH3 is 1. The molecule has 9 heteroatoms. The predicted octanol–water partition coefficient (Wildman–Crippen LogP) is 3.75. The number of hydrogen-bond donors (Lipinski definition) is 1. The Morgan fingerprint density at radius 1 is 1.14 bits per heavy atom. The van der Waals surface area contributed by atoms with Gasteiger partial charge in [0.1, 0.15) is 18.1 Å². The summed E-state index contributed by atoms with van der Waals surface area (Å²) in [4.78, 5) is 12.5. The van der Waals surface area contributed by atoms with E-state index >= 15 is 0 Å². The molecule has 0 unspecified atom stereocenters. The fraction of sp³-hybridized carbons (Fsp3) is 0.300. The predicted molar refractivity (Wildman–Crippen MR) is 98.7 cm³/mol. The van der Waals surface area contributed by atoms with Crippen LogP contribution < -0.4 is 9.47 Å². The lowest BCUT2D eigenvalue weighted by molar-refractivity contribution is -0.297. The summed E-state index contributed by atoms with van der Waals surface area (Å²) in [6.45, 7) is 1.53. The molecule has 0 saturated carbocycles. The van der Waals surface area contributed by atoms with Crippen LogP contribution in [0.1, 0.15) is 29.3 Å². The van der Waals surface area contributed by atoms with E-state index in [9.17, 15) is 23.1 Å². The number of amides is 1. The van der Waals surface area contributed by atoms with Gasteiger partial charge >= 0.3 is 6.18 Å². The molecule has 0 saturated heterocycles. The number of aliphatic hydroxyl groups is 1. The fourth-order valence-corrected chi connectivity index (χ4v) is 2.86. The lowest BCUT2D eigenvalue weighted by atomic mass is 10.1. The molecule has 3 rings (SSSR count). The maximum atomic E-state index is 13.3. The summed E-state index contributed by atoms with van der Waals surface area (Å²) in [6, 6.07) is 12.8. The van der Waals surface area contributed by atoms with E-state index in [1.165, 1.54) is 19.1 Å². The maximum Gasteiger partial charge on any atom is 0.438 e. The number of nitrogens with zero attached hydrogens (tertiary/aromatic N) is 2. The number of carbonyl (C=O) groups excluding carboxylic acids is 1. The van der Waals surface area contributed by atoms with Crippen LogP contribution in [0.15, 0.2) is 53.6 Å². The van der Waals surface area contributed by atoms with Gasteiger partial charge in [-0.25, -0.2) is 0 Å². The van der Waals surface area contributed by atoms with Crippen LogP contribution in [0.4, 0.5) is 13.2 Å². The number of benzene rings is 2. The molecule has 2 aromatic rings. The second-order valence-electron chi connectivity index (χ2n) is 6.60. The Bertz CT molecular complexity index is 911. The standard InChI is InChI=1S/C20H19F3N2O4/c1-13-11-19(27,20(21,22)23)25(24-13)18(26)15-5-3-14(4-6-15)12-29-17-9-7-16(28-2)8-10-17/h3-10,27H,11-12H2,1-2H3/t19-/m0/s1. The van der Waals surface area contributed by atoms with Gasteiger partial charge in [-0.2, -0.15) is 23.3 Å². The molecule has 154 valence electrons. The smallest absolute Gasteiger partial charge is 0.438 e. The van der Waals surface area contributed by atoms with Gasteiger partial charge < -0.3 is 14.6 Å². The van der Waals surface area contributed by atoms with Crippen molar-refractivity contribution in [2.45, 2.75) is 31.9 Å². The van der Waals surface area contributed by atoms with Crippen molar-refractivity contribution in [2.75, 3.05) is 7.11 Å². The summed E-state index contributed by atoms with van der Waals surface area (Å²) in [5.41, 5.74) is -2.64. The molecule has 0 spiro atoms. The molecule has 29 heavy (non-hydrogen) atoms. The fourth-order valence-electron chi connectivity index (χ4n) is 2.86. The first kappa shape index (κ1) is 20.7. The van der Waals surface area contributed by atoms with E-state index in [1.807, 2.05) is 0 Å². The van der Waals surface area contributed by atoms with Crippen molar-refractivity contribution in [3.05, 3.63) is 59.7 Å². The molecule has 6 nitrogen and oxygen atoms in total. The van der Waals surface area contributed by atoms with Crippen LogP contribution in [0, 0.1) is 0 Å². The van der Waals surface area contributed by atoms with Crippen molar-refractivity contribution < 1.29 is 32.5 Å². The Morgan fingerprint density at radius 2 is 1.72 bits per heavy atom. The summed E-state index contributed by atoms with van der Waals surface area (Å²) in [6.07, 6.45) is -5.81. The third-order valence-corrected chi connectivity index (χ3v) is 4.44. The lowest BCUT2D eigenvalue weighted by Gasteiger charge is -2.32. The van der Waals surface area contributed by atoms with Crippen molar-refractivity contribution in [3.63, 3.8) is 0 Å². The zero-order valence-corrected chi connectivity index (χ0v) is 15.7. The highest BCUT2D eigenvalue weighted by molar-refractivity contribution is 5.97. The molecule has 0 bridgehead atoms. The van der Waals surface area contributed by atoms with Crippen molar-refractivity contribution >= 4 is 11.6 Å². The third-order valence-electron chi connectivity index (χ3n) is 4.44. The van der Waals surface area contributed by atoms with Crippen molar-refractivity contribution in [2.24, 2.45) is 5.10 Å². The van der Waals surface area contributed by atoms with Crippen LogP contribution in [-0.2, 0) is 6.61 Å². The van der Waals surface area contributed by atoms with Gasteiger partial charge in [0.15, 0.2) is 0 Å². The highest BCUT2D eigenvalue weighted by atomic mass is 19.4. The van der Waals surface area contributed by atoms with E-state index in [0.29, 0.717) is 17.1 Å². The van der Waals surface area contributed by atoms with Crippen LogP contribution in [0.3, 0.4) is 0 Å². The first-order chi connectivity index (χ1) is 13.6. The van der Waals surface area contributed by atoms with Crippen molar-refractivity contribution in [3.8, 4) is 11.5 Å². The van der Waals surface area contributed by atoms with Crippen LogP contribution in [0.5, 0.6) is 11.5 Å². The molecule has 0 radical (unpaired) electrons. The molecule has 1 atom stereocenters. The Labute approximate surface area is 165 Å². The van der Waals surface area contributed by atoms with Crippen LogP contribution in [0.25, 0.3) is 0 Å². The summed E-state index contributed by atoms with van der Waals surface area (Å²) in [5, 5.41) is 13.7. The zero-order valence-electron chi connectivity index (χ0n) is 15.7. The molecule has 1 heterocycles. The average molecular weight is 408 g/mol. The summed E-state index contributed by atoms with van der Waals surface area (Å²) in [5.74, 6) is 0.270. The highest BCUT2D eigenvalue weighted by Crippen LogP contribution is 2.40. The molecule has 0 fully saturated rings. The summed E-state index contributed by atoms with van der Waals surface area (Å²) in [7, 11) is 1.56. The molecule has 1 amide bonds. The van der Waals surface area contributed by atoms with E-state index in [2.05, 4.69) is 5.10 Å². The number of alkyl halides is 3. The van der Waals surface area contributed by atoms with Gasteiger partial charge in [0, 0.05) is 17.7 Å². The minimum Gasteiger partial charge on any atom is -0.497 e. The topological polar surface area (TPSA) is 71.4 Å². The number of halogens is 3. The largest absolute Gasteiger partial charge is 0.497 e. The van der Waals surface area contributed by atoms with E-state index in [0.717, 1.165) is 0 Å². The summed E-state index contributed by atoms with van der Waals surface area (Å²) >= 11 is 0. The number of hydrogen-bond acceptors (Lipinski definition) is 5. The Hall–Kier alpha value is -3.07. The number of ether oxygens (including phenoxy) is 2. The van der Waals surface area contributed by atoms with Crippen LogP contribution >= 0.6 is 0 Å². The van der Waals surface area contributed by atoms with Crippen LogP contribution in [-0.4, -0.2) is 40.7 Å². The average Bonchev–Trinajstić information content (AvgIpc) is 3.02. The van der Waals surface area contributed by atoms with Gasteiger partial charge in [-0.1, -0.05) is 12.1 Å². The molecular formula is C20H19F3N2O4. The van der Waals surface area contributed by atoms with Gasteiger partial charge in [-0.05, 0) is 48.9 Å². The Kier molecular flexibility index (Phi) is 5.52. The third kappa shape index (κ3) is 4.19. The Morgan fingerprint density at radius 3 is 2.28 bits per heavy atom. The molecule has 0 aliphatic carbocycles. The van der Waals surface area contributed by atoms with Gasteiger partial charge in [-0.15, -0.1) is 0 Å². The second-order valence-corrected chi connectivity index (χ2v) is 6.60. The van der Waals surface area contributed by atoms with Gasteiger partial charge in [0.05, 0.1) is 7.11 Å².